The summed E-state index contributed by atoms with van der Waals surface area (Å²) in [5.74, 6) is -0.703. The van der Waals surface area contributed by atoms with Crippen molar-refractivity contribution in [2.24, 2.45) is 5.73 Å². The maximum Gasteiger partial charge on any atom is 0.240 e. The van der Waals surface area contributed by atoms with E-state index in [1.54, 1.807) is 0 Å². The molecule has 2 heterocycles. The minimum atomic E-state index is -0.762. The van der Waals surface area contributed by atoms with Gasteiger partial charge in [-0.15, -0.1) is 0 Å². The first kappa shape index (κ1) is 21.9. The van der Waals surface area contributed by atoms with Crippen LogP contribution in [0.5, 0.6) is 0 Å². The molecule has 2 amide bonds. The number of fused-ring (bicyclic) bond motifs is 2. The third kappa shape index (κ3) is 4.58. The minimum absolute atomic E-state index is 0.172. The van der Waals surface area contributed by atoms with Gasteiger partial charge in [0, 0.05) is 36.6 Å². The van der Waals surface area contributed by atoms with Crippen molar-refractivity contribution in [1.82, 2.24) is 15.2 Å². The van der Waals surface area contributed by atoms with Gasteiger partial charge in [-0.1, -0.05) is 72.8 Å². The highest BCUT2D eigenvalue weighted by molar-refractivity contribution is 5.89. The van der Waals surface area contributed by atoms with E-state index in [0.717, 1.165) is 27.6 Å². The smallest absolute Gasteiger partial charge is 0.240 e. The summed E-state index contributed by atoms with van der Waals surface area (Å²) in [5.41, 5.74) is 11.2. The van der Waals surface area contributed by atoms with Crippen molar-refractivity contribution in [3.05, 3.63) is 107 Å². The van der Waals surface area contributed by atoms with E-state index >= 15 is 0 Å². The van der Waals surface area contributed by atoms with Crippen LogP contribution in [0.3, 0.4) is 0 Å². The van der Waals surface area contributed by atoms with Crippen LogP contribution in [0.15, 0.2) is 85.1 Å². The molecule has 172 valence electrons. The number of nitrogens with two attached hydrogens (primary N) is 1. The number of carbonyl (C=O) groups is 2. The Morgan fingerprint density at radius 2 is 1.68 bits per heavy atom. The second-order valence-electron chi connectivity index (χ2n) is 8.91. The van der Waals surface area contributed by atoms with Crippen LogP contribution in [-0.2, 0) is 35.5 Å². The number of nitrogens with one attached hydrogen (secondary N) is 2. The first-order valence-corrected chi connectivity index (χ1v) is 11.6. The number of benzene rings is 3. The van der Waals surface area contributed by atoms with Crippen LogP contribution >= 0.6 is 0 Å². The summed E-state index contributed by atoms with van der Waals surface area (Å²) in [4.78, 5) is 31.3. The lowest BCUT2D eigenvalue weighted by molar-refractivity contribution is -0.131. The largest absolute Gasteiger partial charge is 0.368 e. The Labute approximate surface area is 198 Å². The Balaban J connectivity index is 1.40. The molecule has 1 unspecified atom stereocenters. The molecule has 0 saturated carbocycles. The van der Waals surface area contributed by atoms with Gasteiger partial charge in [0.05, 0.1) is 6.04 Å². The highest BCUT2D eigenvalue weighted by Crippen LogP contribution is 2.27. The second kappa shape index (κ2) is 9.53. The molecule has 4 aromatic rings. The number of hydrogen-bond donors (Lipinski definition) is 3. The molecule has 0 bridgehead atoms. The van der Waals surface area contributed by atoms with Crippen molar-refractivity contribution in [3.8, 4) is 0 Å². The monoisotopic (exact) mass is 452 g/mol. The summed E-state index contributed by atoms with van der Waals surface area (Å²) in [7, 11) is 0. The molecule has 1 aromatic heterocycles. The molecule has 1 aliphatic rings. The molecule has 0 saturated heterocycles. The number of hydrogen-bond acceptors (Lipinski definition) is 3. The van der Waals surface area contributed by atoms with Crippen LogP contribution in [-0.4, -0.2) is 33.8 Å². The van der Waals surface area contributed by atoms with Gasteiger partial charge in [0.25, 0.3) is 0 Å². The summed E-state index contributed by atoms with van der Waals surface area (Å²) < 4.78 is 0. The Hall–Kier alpha value is -3.90. The molecule has 3 aromatic carbocycles. The van der Waals surface area contributed by atoms with E-state index < -0.39 is 18.0 Å². The average molecular weight is 453 g/mol. The highest BCUT2D eigenvalue weighted by Gasteiger charge is 2.33. The van der Waals surface area contributed by atoms with E-state index in [2.05, 4.69) is 39.5 Å². The Morgan fingerprint density at radius 3 is 2.47 bits per heavy atom. The Bertz CT molecular complexity index is 1310. The predicted octanol–water partition coefficient (Wildman–Crippen LogP) is 3.31. The first-order chi connectivity index (χ1) is 16.6. The topological polar surface area (TPSA) is 91.2 Å². The lowest BCUT2D eigenvalue weighted by Gasteiger charge is -2.36. The number of primary amides is 1. The third-order valence-electron chi connectivity index (χ3n) is 6.64. The molecule has 5 rings (SSSR count). The van der Waals surface area contributed by atoms with Crippen molar-refractivity contribution in [2.75, 3.05) is 0 Å². The zero-order valence-corrected chi connectivity index (χ0v) is 18.9. The van der Waals surface area contributed by atoms with Crippen LogP contribution < -0.4 is 11.1 Å². The van der Waals surface area contributed by atoms with E-state index in [9.17, 15) is 9.59 Å². The van der Waals surface area contributed by atoms with Gasteiger partial charge in [0.2, 0.25) is 11.8 Å². The molecule has 0 radical (unpaired) electrons. The molecular weight excluding hydrogens is 424 g/mol. The molecule has 2 atom stereocenters. The van der Waals surface area contributed by atoms with Crippen molar-refractivity contribution < 1.29 is 9.59 Å². The lowest BCUT2D eigenvalue weighted by Crippen LogP contribution is -2.55. The van der Waals surface area contributed by atoms with Gasteiger partial charge in [0.1, 0.15) is 6.04 Å². The molecule has 4 N–H and O–H groups in total. The number of nitrogens with zero attached hydrogens (tertiary/aromatic N) is 1. The fraction of sp³-hybridized carbons (Fsp3) is 0.214. The van der Waals surface area contributed by atoms with E-state index in [0.29, 0.717) is 25.9 Å². The summed E-state index contributed by atoms with van der Waals surface area (Å²) in [6, 6.07) is 24.9. The number of carbonyl (C=O) groups excluding carboxylic acids is 2. The number of H-pyrrole nitrogens is 1. The zero-order chi connectivity index (χ0) is 23.5. The van der Waals surface area contributed by atoms with E-state index in [4.69, 9.17) is 5.73 Å². The third-order valence-corrected chi connectivity index (χ3v) is 6.64. The zero-order valence-electron chi connectivity index (χ0n) is 18.9. The van der Waals surface area contributed by atoms with Crippen molar-refractivity contribution in [3.63, 3.8) is 0 Å². The lowest BCUT2D eigenvalue weighted by atomic mass is 9.92. The molecule has 0 spiro atoms. The molecule has 34 heavy (non-hydrogen) atoms. The number of amides is 2. The van der Waals surface area contributed by atoms with Crippen molar-refractivity contribution in [1.29, 1.82) is 0 Å². The van der Waals surface area contributed by atoms with Gasteiger partial charge in [0.15, 0.2) is 0 Å². The van der Waals surface area contributed by atoms with Crippen molar-refractivity contribution >= 4 is 22.7 Å². The number of aromatic amines is 1. The van der Waals surface area contributed by atoms with Crippen LogP contribution in [0.4, 0.5) is 0 Å². The van der Waals surface area contributed by atoms with Crippen molar-refractivity contribution in [2.45, 2.75) is 38.0 Å². The summed E-state index contributed by atoms with van der Waals surface area (Å²) in [5, 5.41) is 4.10. The van der Waals surface area contributed by atoms with E-state index in [1.807, 2.05) is 60.8 Å². The molecule has 6 heteroatoms. The summed E-state index contributed by atoms with van der Waals surface area (Å²) >= 11 is 0. The Morgan fingerprint density at radius 1 is 0.971 bits per heavy atom. The second-order valence-corrected chi connectivity index (χ2v) is 8.91. The van der Waals surface area contributed by atoms with E-state index in [1.165, 1.54) is 5.56 Å². The van der Waals surface area contributed by atoms with Gasteiger partial charge >= 0.3 is 0 Å². The minimum Gasteiger partial charge on any atom is -0.368 e. The predicted molar refractivity (Wildman–Crippen MR) is 133 cm³/mol. The Kier molecular flexibility index (Phi) is 6.14. The highest BCUT2D eigenvalue weighted by atomic mass is 16.2. The molecular formula is C28H28N4O2. The average Bonchev–Trinajstić information content (AvgIpc) is 3.26. The van der Waals surface area contributed by atoms with Crippen LogP contribution in [0.25, 0.3) is 10.9 Å². The summed E-state index contributed by atoms with van der Waals surface area (Å²) in [6.45, 7) is 1.28. The van der Waals surface area contributed by atoms with Crippen LogP contribution in [0.1, 0.15) is 22.3 Å². The molecule has 0 aliphatic carbocycles. The van der Waals surface area contributed by atoms with E-state index in [-0.39, 0.29) is 5.91 Å². The molecule has 0 fully saturated rings. The van der Waals surface area contributed by atoms with Gasteiger partial charge in [-0.3, -0.25) is 14.5 Å². The number of rotatable bonds is 7. The SMILES string of the molecule is NC(=O)[C@H](Cc1ccccc1)NC(=O)C1Cc2ccccc2CN1Cc1c[nH]c2ccccc12. The number of para-hydroxylation sites is 1. The quantitative estimate of drug-likeness (QED) is 0.402. The summed E-state index contributed by atoms with van der Waals surface area (Å²) in [6.07, 6.45) is 2.97. The van der Waals surface area contributed by atoms with Crippen LogP contribution in [0.2, 0.25) is 0 Å². The maximum atomic E-state index is 13.5. The molecule has 1 aliphatic heterocycles. The first-order valence-electron chi connectivity index (χ1n) is 11.6. The number of aromatic nitrogens is 1. The normalized spacial score (nSPS) is 16.6. The van der Waals surface area contributed by atoms with Gasteiger partial charge in [-0.05, 0) is 34.7 Å². The van der Waals surface area contributed by atoms with Gasteiger partial charge in [-0.25, -0.2) is 0 Å². The molecule has 6 nitrogen and oxygen atoms in total. The maximum absolute atomic E-state index is 13.5. The fourth-order valence-corrected chi connectivity index (χ4v) is 4.82. The fourth-order valence-electron chi connectivity index (χ4n) is 4.82. The van der Waals surface area contributed by atoms with Gasteiger partial charge < -0.3 is 16.0 Å². The van der Waals surface area contributed by atoms with Gasteiger partial charge in [-0.2, -0.15) is 0 Å². The standard InChI is InChI=1S/C28H28N4O2/c29-27(33)25(14-19-8-2-1-3-9-19)31-28(34)26-15-20-10-4-5-11-21(20)17-32(26)18-22-16-30-24-13-7-6-12-23(22)24/h1-13,16,25-26,30H,14-15,17-18H2,(H2,29,33)(H,31,34)/t25-,26?/m0/s1. The van der Waals surface area contributed by atoms with Crippen LogP contribution in [0, 0.1) is 0 Å².